The molecule has 0 aliphatic carbocycles. The quantitative estimate of drug-likeness (QED) is 0.785. The normalized spacial score (nSPS) is 10.5. The molecule has 2 aromatic rings. The summed E-state index contributed by atoms with van der Waals surface area (Å²) in [5, 5.41) is 11.6. The van der Waals surface area contributed by atoms with Crippen molar-refractivity contribution < 1.29 is 4.74 Å². The number of hydrogen-bond acceptors (Lipinski definition) is 5. The molecule has 0 aliphatic rings. The first-order valence-corrected chi connectivity index (χ1v) is 6.03. The highest BCUT2D eigenvalue weighted by molar-refractivity contribution is 5.41. The minimum atomic E-state index is 0.362. The van der Waals surface area contributed by atoms with Crippen molar-refractivity contribution in [3.8, 4) is 5.75 Å². The second-order valence-corrected chi connectivity index (χ2v) is 4.03. The van der Waals surface area contributed by atoms with Gasteiger partial charge in [0.2, 0.25) is 0 Å². The summed E-state index contributed by atoms with van der Waals surface area (Å²) in [4.78, 5) is 0. The molecule has 0 saturated heterocycles. The molecule has 0 amide bonds. The molecule has 0 fully saturated rings. The Morgan fingerprint density at radius 3 is 2.78 bits per heavy atom. The zero-order chi connectivity index (χ0) is 12.8. The number of benzene rings is 1. The van der Waals surface area contributed by atoms with E-state index in [1.807, 2.05) is 12.1 Å². The van der Waals surface area contributed by atoms with E-state index in [0.29, 0.717) is 6.61 Å². The van der Waals surface area contributed by atoms with Crippen LogP contribution in [0.15, 0.2) is 24.3 Å². The summed E-state index contributed by atoms with van der Waals surface area (Å²) >= 11 is 0. The number of nitrogens with two attached hydrogens (primary N) is 1. The third-order valence-electron chi connectivity index (χ3n) is 2.58. The molecule has 0 saturated carbocycles. The zero-order valence-corrected chi connectivity index (χ0v) is 10.4. The van der Waals surface area contributed by atoms with Crippen LogP contribution < -0.4 is 10.5 Å². The van der Waals surface area contributed by atoms with Gasteiger partial charge in [-0.3, -0.25) is 0 Å². The molecular weight excluding hydrogens is 230 g/mol. The van der Waals surface area contributed by atoms with Crippen LogP contribution in [0.2, 0.25) is 0 Å². The fraction of sp³-hybridized carbons (Fsp3) is 0.417. The summed E-state index contributed by atoms with van der Waals surface area (Å²) in [6.45, 7) is 3.32. The van der Waals surface area contributed by atoms with Crippen LogP contribution in [0.4, 0.5) is 5.69 Å². The Balaban J connectivity index is 1.93. The Kier molecular flexibility index (Phi) is 4.11. The van der Waals surface area contributed by atoms with E-state index in [9.17, 15) is 0 Å². The van der Waals surface area contributed by atoms with Crippen molar-refractivity contribution in [1.82, 2.24) is 20.2 Å². The summed E-state index contributed by atoms with van der Waals surface area (Å²) in [7, 11) is 0. The second kappa shape index (κ2) is 6.00. The number of ether oxygens (including phenoxy) is 1. The van der Waals surface area contributed by atoms with Crippen molar-refractivity contribution in [3.05, 3.63) is 30.1 Å². The molecular formula is C12H17N5O. The van der Waals surface area contributed by atoms with Gasteiger partial charge in [0.05, 0.1) is 0 Å². The van der Waals surface area contributed by atoms with Crippen LogP contribution >= 0.6 is 0 Å². The van der Waals surface area contributed by atoms with Gasteiger partial charge in [-0.2, -0.15) is 0 Å². The topological polar surface area (TPSA) is 78.8 Å². The molecule has 2 N–H and O–H groups in total. The Hall–Kier alpha value is -2.11. The highest BCUT2D eigenvalue weighted by atomic mass is 16.5. The van der Waals surface area contributed by atoms with Crippen molar-refractivity contribution in [2.75, 3.05) is 5.73 Å². The molecule has 1 heterocycles. The van der Waals surface area contributed by atoms with Crippen LogP contribution in [0.5, 0.6) is 5.75 Å². The van der Waals surface area contributed by atoms with Gasteiger partial charge in [0.1, 0.15) is 12.4 Å². The van der Waals surface area contributed by atoms with E-state index in [1.165, 1.54) is 0 Å². The number of tetrazole rings is 1. The maximum atomic E-state index is 5.61. The molecule has 96 valence electrons. The maximum absolute atomic E-state index is 5.61. The van der Waals surface area contributed by atoms with Gasteiger partial charge in [0.15, 0.2) is 5.82 Å². The number of nitrogens with zero attached hydrogens (tertiary/aromatic N) is 4. The molecule has 0 radical (unpaired) electrons. The summed E-state index contributed by atoms with van der Waals surface area (Å²) in [5.74, 6) is 1.49. The van der Waals surface area contributed by atoms with Crippen molar-refractivity contribution in [1.29, 1.82) is 0 Å². The number of hydrogen-bond donors (Lipinski definition) is 1. The van der Waals surface area contributed by atoms with Gasteiger partial charge >= 0.3 is 0 Å². The van der Waals surface area contributed by atoms with E-state index in [1.54, 1.807) is 16.8 Å². The minimum absolute atomic E-state index is 0.362. The Morgan fingerprint density at radius 2 is 2.06 bits per heavy atom. The molecule has 1 aromatic carbocycles. The van der Waals surface area contributed by atoms with Crippen molar-refractivity contribution in [2.45, 2.75) is 32.9 Å². The average molecular weight is 247 g/mol. The fourth-order valence-corrected chi connectivity index (χ4v) is 1.52. The number of aromatic nitrogens is 4. The van der Waals surface area contributed by atoms with E-state index in [0.717, 1.165) is 36.6 Å². The summed E-state index contributed by atoms with van der Waals surface area (Å²) in [6, 6.07) is 7.26. The molecule has 0 aliphatic heterocycles. The van der Waals surface area contributed by atoms with Crippen LogP contribution in [0.3, 0.4) is 0 Å². The van der Waals surface area contributed by atoms with Crippen LogP contribution in [0.25, 0.3) is 0 Å². The van der Waals surface area contributed by atoms with Gasteiger partial charge in [-0.05, 0) is 41.1 Å². The van der Waals surface area contributed by atoms with Gasteiger partial charge in [-0.1, -0.05) is 13.3 Å². The van der Waals surface area contributed by atoms with E-state index in [2.05, 4.69) is 22.4 Å². The number of aryl methyl sites for hydroxylation is 1. The number of anilines is 1. The lowest BCUT2D eigenvalue weighted by atomic mass is 10.3. The highest BCUT2D eigenvalue weighted by Gasteiger charge is 2.06. The van der Waals surface area contributed by atoms with Crippen LogP contribution in [0.1, 0.15) is 25.6 Å². The molecule has 1 aromatic heterocycles. The zero-order valence-electron chi connectivity index (χ0n) is 10.4. The molecule has 2 rings (SSSR count). The van der Waals surface area contributed by atoms with Crippen molar-refractivity contribution in [3.63, 3.8) is 0 Å². The van der Waals surface area contributed by atoms with E-state index in [4.69, 9.17) is 10.5 Å². The van der Waals surface area contributed by atoms with Crippen molar-refractivity contribution in [2.24, 2.45) is 0 Å². The summed E-state index contributed by atoms with van der Waals surface area (Å²) in [6.07, 6.45) is 2.16. The largest absolute Gasteiger partial charge is 0.486 e. The van der Waals surface area contributed by atoms with Gasteiger partial charge in [-0.25, -0.2) is 4.68 Å². The Bertz CT molecular complexity index is 479. The van der Waals surface area contributed by atoms with Gasteiger partial charge in [0, 0.05) is 12.2 Å². The van der Waals surface area contributed by atoms with Gasteiger partial charge in [0.25, 0.3) is 0 Å². The first kappa shape index (κ1) is 12.3. The molecule has 18 heavy (non-hydrogen) atoms. The third kappa shape index (κ3) is 3.19. The second-order valence-electron chi connectivity index (χ2n) is 4.03. The predicted molar refractivity (Wildman–Crippen MR) is 67.9 cm³/mol. The Morgan fingerprint density at radius 1 is 1.28 bits per heavy atom. The van der Waals surface area contributed by atoms with Gasteiger partial charge < -0.3 is 10.5 Å². The molecule has 6 heteroatoms. The average Bonchev–Trinajstić information content (AvgIpc) is 2.83. The maximum Gasteiger partial charge on any atom is 0.189 e. The molecule has 0 bridgehead atoms. The molecule has 6 nitrogen and oxygen atoms in total. The summed E-state index contributed by atoms with van der Waals surface area (Å²) < 4.78 is 7.39. The Labute approximate surface area is 106 Å². The van der Waals surface area contributed by atoms with E-state index >= 15 is 0 Å². The lowest BCUT2D eigenvalue weighted by molar-refractivity contribution is 0.285. The van der Waals surface area contributed by atoms with Crippen molar-refractivity contribution >= 4 is 5.69 Å². The third-order valence-corrected chi connectivity index (χ3v) is 2.58. The van der Waals surface area contributed by atoms with Crippen LogP contribution in [-0.2, 0) is 13.2 Å². The first-order chi connectivity index (χ1) is 8.79. The smallest absolute Gasteiger partial charge is 0.189 e. The molecule has 0 unspecified atom stereocenters. The van der Waals surface area contributed by atoms with Crippen LogP contribution in [0, 0.1) is 0 Å². The van der Waals surface area contributed by atoms with E-state index < -0.39 is 0 Å². The number of unbranched alkanes of at least 4 members (excludes halogenated alkanes) is 1. The predicted octanol–water partition coefficient (Wildman–Crippen LogP) is 1.63. The van der Waals surface area contributed by atoms with Gasteiger partial charge in [-0.15, -0.1) is 5.10 Å². The first-order valence-electron chi connectivity index (χ1n) is 6.03. The lowest BCUT2D eigenvalue weighted by Gasteiger charge is -2.06. The number of nitrogen functional groups attached to an aromatic ring is 1. The van der Waals surface area contributed by atoms with Crippen LogP contribution in [-0.4, -0.2) is 20.2 Å². The minimum Gasteiger partial charge on any atom is -0.486 e. The highest BCUT2D eigenvalue weighted by Crippen LogP contribution is 2.14. The SMILES string of the molecule is CCCCn1nnnc1COc1ccc(N)cc1. The lowest BCUT2D eigenvalue weighted by Crippen LogP contribution is -2.09. The molecule has 0 atom stereocenters. The summed E-state index contributed by atoms with van der Waals surface area (Å²) in [5.41, 5.74) is 6.32. The van der Waals surface area contributed by atoms with E-state index in [-0.39, 0.29) is 0 Å². The molecule has 0 spiro atoms. The fourth-order valence-electron chi connectivity index (χ4n) is 1.52. The monoisotopic (exact) mass is 247 g/mol. The standard InChI is InChI=1S/C12H17N5O/c1-2-3-8-17-12(14-15-16-17)9-18-11-6-4-10(13)5-7-11/h4-7H,2-3,8-9,13H2,1H3. The number of rotatable bonds is 6.